The van der Waals surface area contributed by atoms with Gasteiger partial charge in [-0.3, -0.25) is 14.3 Å². The van der Waals surface area contributed by atoms with Gasteiger partial charge < -0.3 is 10.6 Å². The fraction of sp³-hybridized carbons (Fsp3) is 0.688. The lowest BCUT2D eigenvalue weighted by Crippen LogP contribution is -2.43. The molecule has 2 rings (SSSR count). The van der Waals surface area contributed by atoms with Crippen LogP contribution in [0.15, 0.2) is 12.3 Å². The van der Waals surface area contributed by atoms with Crippen molar-refractivity contribution in [3.8, 4) is 0 Å². The van der Waals surface area contributed by atoms with E-state index in [0.717, 1.165) is 32.1 Å². The van der Waals surface area contributed by atoms with Gasteiger partial charge in [0, 0.05) is 25.4 Å². The van der Waals surface area contributed by atoms with Crippen LogP contribution >= 0.6 is 0 Å². The number of rotatable bonds is 5. The summed E-state index contributed by atoms with van der Waals surface area (Å²) in [6.45, 7) is 4.42. The van der Waals surface area contributed by atoms with Crippen molar-refractivity contribution < 1.29 is 9.59 Å². The first-order chi connectivity index (χ1) is 10.5. The van der Waals surface area contributed by atoms with Gasteiger partial charge in [0.2, 0.25) is 0 Å². The molecule has 2 amide bonds. The molecular weight excluding hydrogens is 280 g/mol. The SMILES string of the molecule is CC(C)CC[C@H]1CCC[C@H]1NC(=O)C(=O)Nc1ccn(C)n1. The Morgan fingerprint density at radius 2 is 2.14 bits per heavy atom. The summed E-state index contributed by atoms with van der Waals surface area (Å²) in [5.41, 5.74) is 0. The summed E-state index contributed by atoms with van der Waals surface area (Å²) in [5, 5.41) is 9.45. The minimum atomic E-state index is -0.645. The van der Waals surface area contributed by atoms with E-state index in [4.69, 9.17) is 0 Å². The molecule has 0 aliphatic heterocycles. The zero-order valence-corrected chi connectivity index (χ0v) is 13.6. The lowest BCUT2D eigenvalue weighted by molar-refractivity contribution is -0.136. The van der Waals surface area contributed by atoms with Crippen molar-refractivity contribution in [2.45, 2.75) is 52.0 Å². The van der Waals surface area contributed by atoms with Crippen LogP contribution in [0.4, 0.5) is 5.82 Å². The van der Waals surface area contributed by atoms with Crippen LogP contribution in [-0.4, -0.2) is 27.6 Å². The van der Waals surface area contributed by atoms with Crippen molar-refractivity contribution in [2.75, 3.05) is 5.32 Å². The van der Waals surface area contributed by atoms with E-state index < -0.39 is 11.8 Å². The van der Waals surface area contributed by atoms with Gasteiger partial charge in [-0.25, -0.2) is 0 Å². The van der Waals surface area contributed by atoms with Gasteiger partial charge in [-0.05, 0) is 31.1 Å². The lowest BCUT2D eigenvalue weighted by atomic mass is 9.93. The van der Waals surface area contributed by atoms with Gasteiger partial charge in [0.1, 0.15) is 0 Å². The van der Waals surface area contributed by atoms with Crippen LogP contribution in [0.3, 0.4) is 0 Å². The molecule has 1 saturated carbocycles. The molecule has 0 aromatic carbocycles. The third kappa shape index (κ3) is 4.58. The summed E-state index contributed by atoms with van der Waals surface area (Å²) in [6, 6.07) is 1.78. The first-order valence-corrected chi connectivity index (χ1v) is 8.07. The summed E-state index contributed by atoms with van der Waals surface area (Å²) in [7, 11) is 1.76. The molecule has 0 bridgehead atoms. The van der Waals surface area contributed by atoms with Gasteiger partial charge in [0.15, 0.2) is 5.82 Å². The van der Waals surface area contributed by atoms with E-state index in [1.165, 1.54) is 0 Å². The zero-order chi connectivity index (χ0) is 16.1. The maximum Gasteiger partial charge on any atom is 0.314 e. The Labute approximate surface area is 131 Å². The number of nitrogens with zero attached hydrogens (tertiary/aromatic N) is 2. The average molecular weight is 306 g/mol. The second kappa shape index (κ2) is 7.42. The number of amides is 2. The van der Waals surface area contributed by atoms with E-state index >= 15 is 0 Å². The van der Waals surface area contributed by atoms with Crippen molar-refractivity contribution in [3.63, 3.8) is 0 Å². The molecule has 122 valence electrons. The van der Waals surface area contributed by atoms with Gasteiger partial charge in [-0.2, -0.15) is 5.10 Å². The Morgan fingerprint density at radius 3 is 2.77 bits per heavy atom. The monoisotopic (exact) mass is 306 g/mol. The number of nitrogens with one attached hydrogen (secondary N) is 2. The summed E-state index contributed by atoms with van der Waals surface area (Å²) >= 11 is 0. The van der Waals surface area contributed by atoms with Crippen LogP contribution in [0.5, 0.6) is 0 Å². The molecule has 1 fully saturated rings. The molecule has 0 saturated heterocycles. The number of hydrogen-bond donors (Lipinski definition) is 2. The van der Waals surface area contributed by atoms with Gasteiger partial charge in [-0.1, -0.05) is 26.7 Å². The molecular formula is C16H26N4O2. The number of carbonyl (C=O) groups excluding carboxylic acids is 2. The van der Waals surface area contributed by atoms with Crippen LogP contribution in [0.2, 0.25) is 0 Å². The van der Waals surface area contributed by atoms with E-state index in [1.807, 2.05) is 0 Å². The van der Waals surface area contributed by atoms with Crippen molar-refractivity contribution in [2.24, 2.45) is 18.9 Å². The molecule has 0 radical (unpaired) electrons. The van der Waals surface area contributed by atoms with Gasteiger partial charge in [-0.15, -0.1) is 0 Å². The third-order valence-electron chi connectivity index (χ3n) is 4.25. The number of carbonyl (C=O) groups is 2. The molecule has 1 aliphatic rings. The zero-order valence-electron chi connectivity index (χ0n) is 13.6. The molecule has 2 N–H and O–H groups in total. The Balaban J connectivity index is 1.83. The minimum absolute atomic E-state index is 0.126. The largest absolute Gasteiger partial charge is 0.345 e. The highest BCUT2D eigenvalue weighted by Gasteiger charge is 2.30. The van der Waals surface area contributed by atoms with Gasteiger partial charge in [0.25, 0.3) is 0 Å². The predicted molar refractivity (Wildman–Crippen MR) is 85.2 cm³/mol. The van der Waals surface area contributed by atoms with Crippen molar-refractivity contribution in [3.05, 3.63) is 12.3 Å². The van der Waals surface area contributed by atoms with Crippen molar-refractivity contribution in [1.29, 1.82) is 0 Å². The predicted octanol–water partition coefficient (Wildman–Crippen LogP) is 2.08. The number of hydrogen-bond acceptors (Lipinski definition) is 3. The molecule has 6 nitrogen and oxygen atoms in total. The van der Waals surface area contributed by atoms with E-state index in [2.05, 4.69) is 29.6 Å². The lowest BCUT2D eigenvalue weighted by Gasteiger charge is -2.21. The van der Waals surface area contributed by atoms with Crippen molar-refractivity contribution in [1.82, 2.24) is 15.1 Å². The Bertz CT molecular complexity index is 524. The smallest absolute Gasteiger partial charge is 0.314 e. The van der Waals surface area contributed by atoms with E-state index in [0.29, 0.717) is 17.7 Å². The molecule has 1 heterocycles. The van der Waals surface area contributed by atoms with Gasteiger partial charge in [0.05, 0.1) is 0 Å². The number of aryl methyl sites for hydroxylation is 1. The van der Waals surface area contributed by atoms with E-state index in [-0.39, 0.29) is 6.04 Å². The molecule has 22 heavy (non-hydrogen) atoms. The standard InChI is InChI=1S/C16H26N4O2/c1-11(2)7-8-12-5-4-6-13(12)17-15(21)16(22)18-14-9-10-20(3)19-14/h9-13H,4-8H2,1-3H3,(H,17,21)(H,18,19,22)/t12-,13-/m1/s1. The topological polar surface area (TPSA) is 76.0 Å². The summed E-state index contributed by atoms with van der Waals surface area (Å²) in [6.07, 6.45) is 7.22. The average Bonchev–Trinajstić information content (AvgIpc) is 3.05. The van der Waals surface area contributed by atoms with Crippen LogP contribution < -0.4 is 10.6 Å². The molecule has 6 heteroatoms. The van der Waals surface area contributed by atoms with E-state index in [9.17, 15) is 9.59 Å². The quantitative estimate of drug-likeness (QED) is 0.818. The maximum absolute atomic E-state index is 12.0. The van der Waals surface area contributed by atoms with Gasteiger partial charge >= 0.3 is 11.8 Å². The highest BCUT2D eigenvalue weighted by Crippen LogP contribution is 2.30. The molecule has 1 aromatic rings. The summed E-state index contributed by atoms with van der Waals surface area (Å²) < 4.78 is 1.58. The Hall–Kier alpha value is -1.85. The molecule has 0 unspecified atom stereocenters. The third-order valence-corrected chi connectivity index (χ3v) is 4.25. The highest BCUT2D eigenvalue weighted by molar-refractivity contribution is 6.39. The first-order valence-electron chi connectivity index (χ1n) is 8.07. The fourth-order valence-corrected chi connectivity index (χ4v) is 3.01. The summed E-state index contributed by atoms with van der Waals surface area (Å²) in [4.78, 5) is 23.9. The van der Waals surface area contributed by atoms with E-state index in [1.54, 1.807) is 24.0 Å². The molecule has 1 aromatic heterocycles. The molecule has 1 aliphatic carbocycles. The van der Waals surface area contributed by atoms with Crippen LogP contribution in [0, 0.1) is 11.8 Å². The highest BCUT2D eigenvalue weighted by atomic mass is 16.2. The second-order valence-electron chi connectivity index (χ2n) is 6.57. The fourth-order valence-electron chi connectivity index (χ4n) is 3.01. The maximum atomic E-state index is 12.0. The first kappa shape index (κ1) is 16.5. The molecule has 0 spiro atoms. The minimum Gasteiger partial charge on any atom is -0.345 e. The Morgan fingerprint density at radius 1 is 1.36 bits per heavy atom. The summed E-state index contributed by atoms with van der Waals surface area (Å²) in [5.74, 6) is 0.351. The second-order valence-corrected chi connectivity index (χ2v) is 6.57. The van der Waals surface area contributed by atoms with Crippen molar-refractivity contribution >= 4 is 17.6 Å². The van der Waals surface area contributed by atoms with Crippen LogP contribution in [0.1, 0.15) is 46.0 Å². The normalized spacial score (nSPS) is 21.1. The van der Waals surface area contributed by atoms with Crippen LogP contribution in [-0.2, 0) is 16.6 Å². The number of anilines is 1. The Kier molecular flexibility index (Phi) is 5.57. The number of aromatic nitrogens is 2. The van der Waals surface area contributed by atoms with Crippen LogP contribution in [0.25, 0.3) is 0 Å². The molecule has 2 atom stereocenters.